The average molecular weight is 768 g/mol. The number of piperazine rings is 1. The Labute approximate surface area is 338 Å². The van der Waals surface area contributed by atoms with Crippen molar-refractivity contribution in [2.75, 3.05) is 42.5 Å². The molecule has 0 saturated carbocycles. The third-order valence-electron chi connectivity index (χ3n) is 11.1. The van der Waals surface area contributed by atoms with Crippen LogP contribution in [0.3, 0.4) is 0 Å². The number of furan rings is 1. The first-order chi connectivity index (χ1) is 28.1. The standard InChI is InChI=1S/C49H45N5O4/c1-33-7-14-37(15-8-33)47(55)53-32-39(43-28-36(31-50)13-21-44(43)53)6-4-5-23-51-24-26-52(27-25-51)42-20-22-45-40(29-42)30-46(58-45)49(57)54(41-18-11-35(3)12-19-41)48(56)38-16-9-34(2)10-17-38/h7-22,28-30,32H,4-6,23-27H2,1-3H3. The zero-order valence-electron chi connectivity index (χ0n) is 33.1. The number of hydrogen-bond donors (Lipinski definition) is 0. The highest BCUT2D eigenvalue weighted by Gasteiger charge is 2.29. The van der Waals surface area contributed by atoms with Crippen LogP contribution in [0.4, 0.5) is 11.4 Å². The predicted molar refractivity (Wildman–Crippen MR) is 229 cm³/mol. The fraction of sp³-hybridized carbons (Fsp3) is 0.224. The Hall–Kier alpha value is -6.76. The Bertz CT molecular complexity index is 2680. The van der Waals surface area contributed by atoms with Crippen LogP contribution in [0.5, 0.6) is 0 Å². The van der Waals surface area contributed by atoms with Gasteiger partial charge in [-0.25, -0.2) is 4.90 Å². The van der Waals surface area contributed by atoms with Gasteiger partial charge in [-0.05, 0) is 131 Å². The summed E-state index contributed by atoms with van der Waals surface area (Å²) in [6.45, 7) is 10.5. The number of rotatable bonds is 10. The summed E-state index contributed by atoms with van der Waals surface area (Å²) >= 11 is 0. The lowest BCUT2D eigenvalue weighted by Gasteiger charge is -2.36. The van der Waals surface area contributed by atoms with Gasteiger partial charge in [0.05, 0.1) is 22.8 Å². The number of anilines is 2. The minimum absolute atomic E-state index is 0.0743. The van der Waals surface area contributed by atoms with Gasteiger partial charge in [0.15, 0.2) is 5.76 Å². The van der Waals surface area contributed by atoms with Crippen molar-refractivity contribution in [3.05, 3.63) is 166 Å². The lowest BCUT2D eigenvalue weighted by atomic mass is 10.0. The summed E-state index contributed by atoms with van der Waals surface area (Å²) in [5.74, 6) is -0.907. The van der Waals surface area contributed by atoms with E-state index in [1.54, 1.807) is 41.0 Å². The van der Waals surface area contributed by atoms with Crippen LogP contribution in [-0.4, -0.2) is 59.9 Å². The minimum atomic E-state index is -0.519. The second kappa shape index (κ2) is 16.4. The van der Waals surface area contributed by atoms with Crippen molar-refractivity contribution < 1.29 is 18.8 Å². The van der Waals surface area contributed by atoms with Gasteiger partial charge in [0.2, 0.25) is 0 Å². The molecule has 1 aliphatic rings. The van der Waals surface area contributed by atoms with Gasteiger partial charge in [0.25, 0.3) is 11.8 Å². The van der Waals surface area contributed by atoms with Crippen LogP contribution in [0.25, 0.3) is 21.9 Å². The molecule has 290 valence electrons. The smallest absolute Gasteiger partial charge is 0.301 e. The number of imide groups is 1. The van der Waals surface area contributed by atoms with Crippen LogP contribution >= 0.6 is 0 Å². The van der Waals surface area contributed by atoms with E-state index in [4.69, 9.17) is 4.42 Å². The van der Waals surface area contributed by atoms with Crippen molar-refractivity contribution in [3.63, 3.8) is 0 Å². The summed E-state index contributed by atoms with van der Waals surface area (Å²) in [4.78, 5) is 47.4. The van der Waals surface area contributed by atoms with Crippen LogP contribution in [0.15, 0.2) is 126 Å². The van der Waals surface area contributed by atoms with Crippen molar-refractivity contribution in [1.82, 2.24) is 9.47 Å². The highest BCUT2D eigenvalue weighted by atomic mass is 16.3. The van der Waals surface area contributed by atoms with Gasteiger partial charge in [-0.15, -0.1) is 0 Å². The number of amides is 2. The van der Waals surface area contributed by atoms with Gasteiger partial charge in [0, 0.05) is 60.0 Å². The van der Waals surface area contributed by atoms with E-state index in [0.717, 1.165) is 96.2 Å². The summed E-state index contributed by atoms with van der Waals surface area (Å²) in [5, 5.41) is 11.3. The second-order valence-corrected chi connectivity index (χ2v) is 15.3. The van der Waals surface area contributed by atoms with E-state index in [0.29, 0.717) is 28.0 Å². The Morgan fingerprint density at radius 1 is 0.707 bits per heavy atom. The van der Waals surface area contributed by atoms with Crippen LogP contribution < -0.4 is 9.80 Å². The predicted octanol–water partition coefficient (Wildman–Crippen LogP) is 9.51. The second-order valence-electron chi connectivity index (χ2n) is 15.3. The Morgan fingerprint density at radius 3 is 2.03 bits per heavy atom. The van der Waals surface area contributed by atoms with Crippen molar-refractivity contribution in [1.29, 1.82) is 5.26 Å². The molecule has 58 heavy (non-hydrogen) atoms. The topological polar surface area (TPSA) is 103 Å². The molecule has 9 nitrogen and oxygen atoms in total. The fourth-order valence-corrected chi connectivity index (χ4v) is 7.74. The van der Waals surface area contributed by atoms with Gasteiger partial charge in [-0.2, -0.15) is 5.26 Å². The lowest BCUT2D eigenvalue weighted by molar-refractivity contribution is 0.0881. The molecule has 0 N–H and O–H groups in total. The number of nitrogens with zero attached hydrogens (tertiary/aromatic N) is 5. The van der Waals surface area contributed by atoms with Gasteiger partial charge >= 0.3 is 5.91 Å². The molecule has 5 aromatic carbocycles. The van der Waals surface area contributed by atoms with Crippen molar-refractivity contribution >= 4 is 51.0 Å². The van der Waals surface area contributed by atoms with E-state index in [1.165, 1.54) is 4.90 Å². The molecule has 1 fully saturated rings. The fourth-order valence-electron chi connectivity index (χ4n) is 7.74. The summed E-state index contributed by atoms with van der Waals surface area (Å²) < 4.78 is 7.80. The Kier molecular flexibility index (Phi) is 10.8. The van der Waals surface area contributed by atoms with Crippen molar-refractivity contribution in [2.45, 2.75) is 40.0 Å². The number of aromatic nitrogens is 1. The van der Waals surface area contributed by atoms with Crippen molar-refractivity contribution in [3.8, 4) is 6.07 Å². The first-order valence-electron chi connectivity index (χ1n) is 19.8. The number of hydrogen-bond acceptors (Lipinski definition) is 7. The number of nitriles is 1. The SMILES string of the molecule is Cc1ccc(C(=O)N(C(=O)c2cc3cc(N4CCN(CCCCc5cn(C(=O)c6ccc(C)cc6)c6ccc(C#N)cc56)CC4)ccc3o2)c2ccc(C)cc2)cc1. The maximum atomic E-state index is 14.0. The Balaban J connectivity index is 0.895. The molecule has 2 aromatic heterocycles. The van der Waals surface area contributed by atoms with Crippen LogP contribution in [-0.2, 0) is 6.42 Å². The summed E-state index contributed by atoms with van der Waals surface area (Å²) in [6.07, 6.45) is 4.75. The molecule has 2 amide bonds. The van der Waals surface area contributed by atoms with E-state index in [1.807, 2.05) is 99.8 Å². The largest absolute Gasteiger partial charge is 0.451 e. The molecule has 1 aliphatic heterocycles. The van der Waals surface area contributed by atoms with E-state index < -0.39 is 11.8 Å². The third-order valence-corrected chi connectivity index (χ3v) is 11.1. The van der Waals surface area contributed by atoms with Crippen molar-refractivity contribution in [2.24, 2.45) is 0 Å². The molecule has 7 aromatic rings. The maximum absolute atomic E-state index is 14.0. The zero-order chi connectivity index (χ0) is 40.3. The number of benzene rings is 5. The molecule has 0 atom stereocenters. The molecule has 1 saturated heterocycles. The number of unbranched alkanes of at least 4 members (excludes halogenated alkanes) is 1. The zero-order valence-corrected chi connectivity index (χ0v) is 33.1. The maximum Gasteiger partial charge on any atom is 0.301 e. The molecular formula is C49H45N5O4. The number of aryl methyl sites for hydroxylation is 4. The summed E-state index contributed by atoms with van der Waals surface area (Å²) in [7, 11) is 0. The van der Waals surface area contributed by atoms with Gasteiger partial charge in [-0.1, -0.05) is 53.1 Å². The van der Waals surface area contributed by atoms with Gasteiger partial charge in [0.1, 0.15) is 5.58 Å². The number of carbonyl (C=O) groups is 3. The van der Waals surface area contributed by atoms with Crippen LogP contribution in [0.2, 0.25) is 0 Å². The van der Waals surface area contributed by atoms with E-state index in [2.05, 4.69) is 21.9 Å². The van der Waals surface area contributed by atoms with Gasteiger partial charge < -0.3 is 9.32 Å². The highest BCUT2D eigenvalue weighted by molar-refractivity contribution is 6.25. The lowest BCUT2D eigenvalue weighted by Crippen LogP contribution is -2.46. The van der Waals surface area contributed by atoms with E-state index in [-0.39, 0.29) is 11.7 Å². The van der Waals surface area contributed by atoms with E-state index >= 15 is 0 Å². The molecular weight excluding hydrogens is 723 g/mol. The third kappa shape index (κ3) is 7.93. The highest BCUT2D eigenvalue weighted by Crippen LogP contribution is 2.30. The van der Waals surface area contributed by atoms with Crippen LogP contribution in [0, 0.1) is 32.1 Å². The minimum Gasteiger partial charge on any atom is -0.451 e. The van der Waals surface area contributed by atoms with Crippen LogP contribution in [0.1, 0.15) is 71.9 Å². The quantitative estimate of drug-likeness (QED) is 0.101. The first-order valence-corrected chi connectivity index (χ1v) is 19.8. The first kappa shape index (κ1) is 38.1. The average Bonchev–Trinajstić information content (AvgIpc) is 3.85. The summed E-state index contributed by atoms with van der Waals surface area (Å²) in [5.41, 5.74) is 8.83. The number of fused-ring (bicyclic) bond motifs is 2. The molecule has 3 heterocycles. The van der Waals surface area contributed by atoms with E-state index in [9.17, 15) is 19.6 Å². The Morgan fingerprint density at radius 2 is 1.36 bits per heavy atom. The molecule has 0 unspecified atom stereocenters. The molecule has 0 bridgehead atoms. The molecule has 0 radical (unpaired) electrons. The monoisotopic (exact) mass is 767 g/mol. The van der Waals surface area contributed by atoms with Gasteiger partial charge in [-0.3, -0.25) is 23.9 Å². The number of carbonyl (C=O) groups excluding carboxylic acids is 3. The molecule has 0 spiro atoms. The summed E-state index contributed by atoms with van der Waals surface area (Å²) in [6, 6.07) is 37.7. The molecule has 8 rings (SSSR count). The normalized spacial score (nSPS) is 13.2. The molecule has 9 heteroatoms. The molecule has 0 aliphatic carbocycles.